The summed E-state index contributed by atoms with van der Waals surface area (Å²) < 4.78 is 12.1. The van der Waals surface area contributed by atoms with Crippen LogP contribution in [-0.2, 0) is 17.6 Å². The van der Waals surface area contributed by atoms with Crippen LogP contribution in [0.15, 0.2) is 48.8 Å². The molecule has 2 aromatic carbocycles. The van der Waals surface area contributed by atoms with E-state index in [2.05, 4.69) is 42.5 Å². The number of anilines is 1. The first kappa shape index (κ1) is 30.2. The number of aromatic nitrogens is 2. The lowest BCUT2D eigenvalue weighted by Crippen LogP contribution is -2.42. The molecule has 2 unspecified atom stereocenters. The van der Waals surface area contributed by atoms with E-state index in [0.717, 1.165) is 77.3 Å². The number of unbranched alkanes of at least 4 members (excludes halogenated alkanes) is 2. The number of hydrogen-bond donors (Lipinski definition) is 4. The van der Waals surface area contributed by atoms with E-state index in [9.17, 15) is 4.79 Å². The number of nitrogens with zero attached hydrogens (tertiary/aromatic N) is 1. The number of H-pyrrole nitrogens is 1. The summed E-state index contributed by atoms with van der Waals surface area (Å²) in [4.78, 5) is 20.7. The maximum atomic E-state index is 12.7. The normalized spacial score (nSPS) is 12.8. The smallest absolute Gasteiger partial charge is 0.237 e. The lowest BCUT2D eigenvalue weighted by molar-refractivity contribution is -0.122. The van der Waals surface area contributed by atoms with Gasteiger partial charge >= 0.3 is 0 Å². The molecular formula is C33H45N5O3. The summed E-state index contributed by atoms with van der Waals surface area (Å²) in [5.41, 5.74) is 11.3. The Morgan fingerprint density at radius 2 is 1.95 bits per heavy atom. The molecule has 2 aromatic heterocycles. The van der Waals surface area contributed by atoms with Gasteiger partial charge in [0.05, 0.1) is 36.3 Å². The number of rotatable bonds is 16. The average Bonchev–Trinajstić information content (AvgIpc) is 3.40. The van der Waals surface area contributed by atoms with Gasteiger partial charge in [0.25, 0.3) is 0 Å². The molecule has 41 heavy (non-hydrogen) atoms. The van der Waals surface area contributed by atoms with E-state index in [1.807, 2.05) is 42.7 Å². The van der Waals surface area contributed by atoms with E-state index in [-0.39, 0.29) is 11.9 Å². The number of fused-ring (bicyclic) bond motifs is 2. The van der Waals surface area contributed by atoms with Crippen LogP contribution in [0.5, 0.6) is 11.5 Å². The summed E-state index contributed by atoms with van der Waals surface area (Å²) in [6.07, 6.45) is 10.1. The van der Waals surface area contributed by atoms with Gasteiger partial charge in [-0.3, -0.25) is 9.78 Å². The van der Waals surface area contributed by atoms with Crippen LogP contribution in [-0.4, -0.2) is 48.2 Å². The van der Waals surface area contributed by atoms with Crippen molar-refractivity contribution < 1.29 is 14.3 Å². The third-order valence-corrected chi connectivity index (χ3v) is 7.58. The van der Waals surface area contributed by atoms with Crippen LogP contribution in [0, 0.1) is 0 Å². The first-order valence-corrected chi connectivity index (χ1v) is 14.9. The number of para-hydroxylation sites is 1. The van der Waals surface area contributed by atoms with E-state index in [4.69, 9.17) is 20.2 Å². The Kier molecular flexibility index (Phi) is 10.8. The summed E-state index contributed by atoms with van der Waals surface area (Å²) >= 11 is 0. The second-order valence-electron chi connectivity index (χ2n) is 10.7. The number of nitrogens with two attached hydrogens (primary N) is 1. The molecule has 0 aliphatic heterocycles. The number of aryl methyl sites for hydroxylation is 1. The van der Waals surface area contributed by atoms with Crippen LogP contribution < -0.4 is 25.8 Å². The summed E-state index contributed by atoms with van der Waals surface area (Å²) in [6.45, 7) is 7.69. The van der Waals surface area contributed by atoms with Gasteiger partial charge in [-0.05, 0) is 62.3 Å². The average molecular weight is 560 g/mol. The monoisotopic (exact) mass is 559 g/mol. The number of carbonyl (C=O) groups excluding carboxylic acids is 1. The molecule has 1 amide bonds. The lowest BCUT2D eigenvalue weighted by atomic mass is 10.0. The molecule has 2 heterocycles. The van der Waals surface area contributed by atoms with Crippen LogP contribution in [0.4, 0.5) is 5.69 Å². The van der Waals surface area contributed by atoms with Gasteiger partial charge in [0.2, 0.25) is 5.91 Å². The van der Waals surface area contributed by atoms with Gasteiger partial charge in [-0.1, -0.05) is 44.9 Å². The molecule has 0 radical (unpaired) electrons. The van der Waals surface area contributed by atoms with E-state index >= 15 is 0 Å². The zero-order chi connectivity index (χ0) is 29.2. The molecule has 2 atom stereocenters. The molecule has 8 nitrogen and oxygen atoms in total. The summed E-state index contributed by atoms with van der Waals surface area (Å²) in [6, 6.07) is 11.7. The fourth-order valence-electron chi connectivity index (χ4n) is 5.29. The third-order valence-electron chi connectivity index (χ3n) is 7.58. The molecule has 220 valence electrons. The highest BCUT2D eigenvalue weighted by Gasteiger charge is 2.20. The van der Waals surface area contributed by atoms with Crippen LogP contribution in [0.2, 0.25) is 0 Å². The van der Waals surface area contributed by atoms with Gasteiger partial charge in [-0.2, -0.15) is 0 Å². The maximum Gasteiger partial charge on any atom is 0.237 e. The number of ether oxygens (including phenoxy) is 2. The number of benzene rings is 2. The Morgan fingerprint density at radius 1 is 1.12 bits per heavy atom. The molecule has 0 fully saturated rings. The van der Waals surface area contributed by atoms with E-state index in [1.165, 1.54) is 5.56 Å². The van der Waals surface area contributed by atoms with Crippen LogP contribution in [0.3, 0.4) is 0 Å². The molecule has 0 saturated heterocycles. The van der Waals surface area contributed by atoms with Crippen LogP contribution >= 0.6 is 0 Å². The third kappa shape index (κ3) is 7.50. The number of pyridine rings is 1. The quantitative estimate of drug-likeness (QED) is 0.123. The molecule has 4 aromatic rings. The van der Waals surface area contributed by atoms with Crippen molar-refractivity contribution in [3.05, 3.63) is 59.9 Å². The highest BCUT2D eigenvalue weighted by Crippen LogP contribution is 2.42. The van der Waals surface area contributed by atoms with Crippen molar-refractivity contribution in [1.29, 1.82) is 0 Å². The Hall–Kier alpha value is -3.78. The summed E-state index contributed by atoms with van der Waals surface area (Å²) in [5.74, 6) is 1.36. The number of aromatic amines is 1. The van der Waals surface area contributed by atoms with Crippen LogP contribution in [0.1, 0.15) is 64.0 Å². The fraction of sp³-hybridized carbons (Fsp3) is 0.455. The maximum absolute atomic E-state index is 12.7. The largest absolute Gasteiger partial charge is 0.493 e. The topological polar surface area (TPSA) is 114 Å². The van der Waals surface area contributed by atoms with E-state index in [0.29, 0.717) is 25.3 Å². The van der Waals surface area contributed by atoms with Crippen molar-refractivity contribution in [2.24, 2.45) is 5.73 Å². The second kappa shape index (κ2) is 14.7. The van der Waals surface area contributed by atoms with Crippen molar-refractivity contribution >= 4 is 33.4 Å². The summed E-state index contributed by atoms with van der Waals surface area (Å²) in [7, 11) is 1.68. The first-order chi connectivity index (χ1) is 20.0. The van der Waals surface area contributed by atoms with Crippen LogP contribution in [0.25, 0.3) is 21.8 Å². The number of amides is 1. The first-order valence-electron chi connectivity index (χ1n) is 14.9. The Morgan fingerprint density at radius 3 is 2.73 bits per heavy atom. The zero-order valence-electron chi connectivity index (χ0n) is 24.9. The minimum atomic E-state index is -0.592. The van der Waals surface area contributed by atoms with Crippen molar-refractivity contribution in [3.63, 3.8) is 0 Å². The molecule has 0 aliphatic carbocycles. The van der Waals surface area contributed by atoms with Gasteiger partial charge in [-0.15, -0.1) is 0 Å². The Balaban J connectivity index is 1.34. The highest BCUT2D eigenvalue weighted by molar-refractivity contribution is 5.99. The molecule has 8 heteroatoms. The minimum Gasteiger partial charge on any atom is -0.493 e. The second-order valence-corrected chi connectivity index (χ2v) is 10.7. The molecule has 4 rings (SSSR count). The van der Waals surface area contributed by atoms with Crippen molar-refractivity contribution in [2.45, 2.75) is 77.8 Å². The summed E-state index contributed by atoms with van der Waals surface area (Å²) in [5, 5.41) is 8.76. The fourth-order valence-corrected chi connectivity index (χ4v) is 5.29. The molecule has 0 bridgehead atoms. The number of carbonyl (C=O) groups is 1. The molecule has 5 N–H and O–H groups in total. The van der Waals surface area contributed by atoms with Crippen molar-refractivity contribution in [3.8, 4) is 11.5 Å². The van der Waals surface area contributed by atoms with E-state index in [1.54, 1.807) is 7.11 Å². The number of hydrogen-bond acceptors (Lipinski definition) is 6. The highest BCUT2D eigenvalue weighted by atomic mass is 16.5. The standard InChI is InChI=1S/C33H45N5O3/c1-5-7-10-18-41-32-29(40-4)20-28(31-30(32)23(6-2)15-17-35-31)38-22(3)12-11-16-36-33(39)26(34)19-24-21-37-27-14-9-8-13-25(24)27/h8-9,13-15,17,20-22,26,37-38H,5-7,10-12,16,18-19,34H2,1-4H3,(H,36,39). The molecule has 0 aliphatic rings. The van der Waals surface area contributed by atoms with Crippen molar-refractivity contribution in [1.82, 2.24) is 15.3 Å². The number of methoxy groups -OCH3 is 1. The van der Waals surface area contributed by atoms with Gasteiger partial charge in [0.15, 0.2) is 11.5 Å². The molecule has 0 spiro atoms. The lowest BCUT2D eigenvalue weighted by Gasteiger charge is -2.21. The Bertz CT molecular complexity index is 1430. The van der Waals surface area contributed by atoms with Gasteiger partial charge in [0, 0.05) is 41.9 Å². The predicted molar refractivity (Wildman–Crippen MR) is 168 cm³/mol. The van der Waals surface area contributed by atoms with Gasteiger partial charge in [0.1, 0.15) is 0 Å². The van der Waals surface area contributed by atoms with Crippen molar-refractivity contribution in [2.75, 3.05) is 25.6 Å². The SMILES string of the molecule is CCCCCOc1c(OC)cc(NC(C)CCCNC(=O)C(N)Cc2c[nH]c3ccccc23)c2nccc(CC)c12. The predicted octanol–water partition coefficient (Wildman–Crippen LogP) is 6.12. The molecule has 0 saturated carbocycles. The number of nitrogens with one attached hydrogen (secondary N) is 3. The van der Waals surface area contributed by atoms with E-state index < -0.39 is 6.04 Å². The Labute approximate surface area is 243 Å². The van der Waals surface area contributed by atoms with Gasteiger partial charge in [-0.25, -0.2) is 0 Å². The zero-order valence-corrected chi connectivity index (χ0v) is 24.9. The van der Waals surface area contributed by atoms with Gasteiger partial charge < -0.3 is 30.8 Å². The molecular weight excluding hydrogens is 514 g/mol. The minimum absolute atomic E-state index is 0.127.